The molecule has 1 aliphatic heterocycles. The first kappa shape index (κ1) is 18.1. The molecule has 2 N–H and O–H groups in total. The number of nitrogens with one attached hydrogen (secondary N) is 2. The van der Waals surface area contributed by atoms with Crippen LogP contribution in [0.5, 0.6) is 0 Å². The second kappa shape index (κ2) is 8.14. The lowest BCUT2D eigenvalue weighted by atomic mass is 10.1. The van der Waals surface area contributed by atoms with Gasteiger partial charge in [0.15, 0.2) is 0 Å². The van der Waals surface area contributed by atoms with Crippen LogP contribution in [0, 0.1) is 0 Å². The van der Waals surface area contributed by atoms with E-state index in [-0.39, 0.29) is 12.2 Å². The van der Waals surface area contributed by atoms with E-state index in [9.17, 15) is 14.4 Å². The lowest BCUT2D eigenvalue weighted by Gasteiger charge is -2.11. The van der Waals surface area contributed by atoms with Crippen molar-refractivity contribution < 1.29 is 14.4 Å². The fraction of sp³-hybridized carbons (Fsp3) is 0.0952. The topological polar surface area (TPSA) is 78.5 Å². The van der Waals surface area contributed by atoms with Crippen molar-refractivity contribution in [2.45, 2.75) is 6.92 Å². The van der Waals surface area contributed by atoms with Gasteiger partial charge < -0.3 is 10.6 Å². The Labute approximate surface area is 157 Å². The van der Waals surface area contributed by atoms with Gasteiger partial charge in [0.2, 0.25) is 5.91 Å². The summed E-state index contributed by atoms with van der Waals surface area (Å²) in [5.41, 5.74) is 2.55. The van der Waals surface area contributed by atoms with Gasteiger partial charge in [0, 0.05) is 5.69 Å². The summed E-state index contributed by atoms with van der Waals surface area (Å²) >= 11 is 0. The quantitative estimate of drug-likeness (QED) is 0.634. The molecule has 1 fully saturated rings. The molecule has 0 saturated carbocycles. The van der Waals surface area contributed by atoms with Gasteiger partial charge in [-0.25, -0.2) is 9.69 Å². The van der Waals surface area contributed by atoms with Gasteiger partial charge in [-0.1, -0.05) is 54.6 Å². The van der Waals surface area contributed by atoms with E-state index in [1.165, 1.54) is 0 Å². The highest BCUT2D eigenvalue weighted by Gasteiger charge is 2.34. The van der Waals surface area contributed by atoms with Crippen LogP contribution in [0.1, 0.15) is 12.5 Å². The Balaban J connectivity index is 1.67. The van der Waals surface area contributed by atoms with E-state index in [0.717, 1.165) is 16.0 Å². The number of amides is 4. The van der Waals surface area contributed by atoms with Crippen molar-refractivity contribution >= 4 is 29.6 Å². The predicted molar refractivity (Wildman–Crippen MR) is 103 cm³/mol. The van der Waals surface area contributed by atoms with Gasteiger partial charge in [-0.05, 0) is 36.3 Å². The minimum absolute atomic E-state index is 0.150. The van der Waals surface area contributed by atoms with Gasteiger partial charge in [0.1, 0.15) is 12.2 Å². The van der Waals surface area contributed by atoms with Gasteiger partial charge in [0.05, 0.1) is 0 Å². The number of para-hydroxylation sites is 1. The number of nitrogens with zero attached hydrogens (tertiary/aromatic N) is 1. The third kappa shape index (κ3) is 4.70. The smallest absolute Gasteiger partial charge is 0.325 e. The number of allylic oxidation sites excluding steroid dienone is 2. The highest BCUT2D eigenvalue weighted by molar-refractivity contribution is 6.14. The molecule has 1 saturated heterocycles. The highest BCUT2D eigenvalue weighted by atomic mass is 16.2. The molecule has 0 radical (unpaired) electrons. The second-order valence-corrected chi connectivity index (χ2v) is 6.09. The summed E-state index contributed by atoms with van der Waals surface area (Å²) in [5, 5.41) is 5.17. The first-order valence-electron chi connectivity index (χ1n) is 8.46. The molecule has 2 aromatic carbocycles. The van der Waals surface area contributed by atoms with E-state index in [1.807, 2.05) is 49.4 Å². The summed E-state index contributed by atoms with van der Waals surface area (Å²) in [7, 11) is 0. The molecule has 1 heterocycles. The van der Waals surface area contributed by atoms with Crippen LogP contribution in [0.25, 0.3) is 6.08 Å². The number of hydrogen-bond acceptors (Lipinski definition) is 3. The molecule has 6 nitrogen and oxygen atoms in total. The number of carbonyl (C=O) groups is 3. The van der Waals surface area contributed by atoms with Crippen molar-refractivity contribution in [3.63, 3.8) is 0 Å². The van der Waals surface area contributed by atoms with Crippen LogP contribution < -0.4 is 10.6 Å². The average molecular weight is 361 g/mol. The molecule has 0 aliphatic carbocycles. The predicted octanol–water partition coefficient (Wildman–Crippen LogP) is 3.16. The fourth-order valence-electron chi connectivity index (χ4n) is 2.66. The number of rotatable bonds is 5. The number of imide groups is 1. The highest BCUT2D eigenvalue weighted by Crippen LogP contribution is 2.14. The molecule has 0 bridgehead atoms. The van der Waals surface area contributed by atoms with E-state index >= 15 is 0 Å². The summed E-state index contributed by atoms with van der Waals surface area (Å²) in [6.45, 7) is 1.49. The minimum atomic E-state index is -0.609. The van der Waals surface area contributed by atoms with Crippen molar-refractivity contribution in [2.24, 2.45) is 0 Å². The van der Waals surface area contributed by atoms with E-state index in [0.29, 0.717) is 5.69 Å². The molecular weight excluding hydrogens is 342 g/mol. The second-order valence-electron chi connectivity index (χ2n) is 6.09. The first-order valence-corrected chi connectivity index (χ1v) is 8.46. The Morgan fingerprint density at radius 2 is 1.67 bits per heavy atom. The van der Waals surface area contributed by atoms with Crippen LogP contribution in [0.2, 0.25) is 0 Å². The van der Waals surface area contributed by atoms with Crippen LogP contribution >= 0.6 is 0 Å². The number of anilines is 1. The standard InChI is InChI=1S/C21H19N3O3/c1-15(12-16-8-4-2-5-9-16)13-18-20(26)24(21(27)23-18)14-19(25)22-17-10-6-3-7-11-17/h2-13H,14H2,1H3,(H,22,25)(H,23,27)/b15-12+,18-13-. The maximum atomic E-state index is 12.5. The Kier molecular flexibility index (Phi) is 5.47. The van der Waals surface area contributed by atoms with E-state index in [4.69, 9.17) is 0 Å². The molecule has 6 heteroatoms. The fourth-order valence-corrected chi connectivity index (χ4v) is 2.66. The minimum Gasteiger partial charge on any atom is -0.325 e. The zero-order chi connectivity index (χ0) is 19.2. The van der Waals surface area contributed by atoms with Gasteiger partial charge in [-0.15, -0.1) is 0 Å². The lowest BCUT2D eigenvalue weighted by Crippen LogP contribution is -2.38. The van der Waals surface area contributed by atoms with Gasteiger partial charge >= 0.3 is 6.03 Å². The van der Waals surface area contributed by atoms with Crippen molar-refractivity contribution in [2.75, 3.05) is 11.9 Å². The van der Waals surface area contributed by atoms with E-state index in [1.54, 1.807) is 30.3 Å². The molecule has 0 atom stereocenters. The van der Waals surface area contributed by atoms with Crippen LogP contribution in [0.4, 0.5) is 10.5 Å². The third-order valence-electron chi connectivity index (χ3n) is 3.89. The molecule has 136 valence electrons. The third-order valence-corrected chi connectivity index (χ3v) is 3.89. The summed E-state index contributed by atoms with van der Waals surface area (Å²) in [4.78, 5) is 37.5. The molecule has 4 amide bonds. The molecule has 27 heavy (non-hydrogen) atoms. The van der Waals surface area contributed by atoms with Gasteiger partial charge in [0.25, 0.3) is 5.91 Å². The summed E-state index contributed by atoms with van der Waals surface area (Å²) in [6, 6.07) is 17.9. The molecule has 0 unspecified atom stereocenters. The molecular formula is C21H19N3O3. The number of carbonyl (C=O) groups excluding carboxylic acids is 3. The van der Waals surface area contributed by atoms with Crippen molar-refractivity contribution in [3.8, 4) is 0 Å². The first-order chi connectivity index (χ1) is 13.0. The monoisotopic (exact) mass is 361 g/mol. The zero-order valence-corrected chi connectivity index (χ0v) is 14.8. The normalized spacial score (nSPS) is 15.8. The lowest BCUT2D eigenvalue weighted by molar-refractivity contribution is -0.127. The zero-order valence-electron chi connectivity index (χ0n) is 14.8. The van der Waals surface area contributed by atoms with Crippen LogP contribution in [-0.2, 0) is 9.59 Å². The van der Waals surface area contributed by atoms with Crippen LogP contribution in [-0.4, -0.2) is 29.3 Å². The average Bonchev–Trinajstić information content (AvgIpc) is 2.90. The summed E-state index contributed by atoms with van der Waals surface area (Å²) in [5.74, 6) is -0.966. The SMILES string of the molecule is CC(/C=C1\NC(=O)N(CC(=O)Nc2ccccc2)C1=O)=C\c1ccccc1. The van der Waals surface area contributed by atoms with Crippen molar-refractivity contribution in [3.05, 3.63) is 83.6 Å². The van der Waals surface area contributed by atoms with Crippen LogP contribution in [0.15, 0.2) is 78.0 Å². The van der Waals surface area contributed by atoms with Crippen molar-refractivity contribution in [1.29, 1.82) is 0 Å². The number of hydrogen-bond donors (Lipinski definition) is 2. The molecule has 2 aromatic rings. The maximum absolute atomic E-state index is 12.5. The Morgan fingerprint density at radius 1 is 1.04 bits per heavy atom. The maximum Gasteiger partial charge on any atom is 0.329 e. The Hall–Kier alpha value is -3.67. The van der Waals surface area contributed by atoms with Gasteiger partial charge in [-0.3, -0.25) is 9.59 Å². The molecule has 1 aliphatic rings. The molecule has 0 spiro atoms. The summed E-state index contributed by atoms with van der Waals surface area (Å²) in [6.07, 6.45) is 3.50. The van der Waals surface area contributed by atoms with Crippen molar-refractivity contribution in [1.82, 2.24) is 10.2 Å². The number of benzene rings is 2. The van der Waals surface area contributed by atoms with Gasteiger partial charge in [-0.2, -0.15) is 0 Å². The summed E-state index contributed by atoms with van der Waals surface area (Å²) < 4.78 is 0. The van der Waals surface area contributed by atoms with E-state index in [2.05, 4.69) is 10.6 Å². The Morgan fingerprint density at radius 3 is 2.33 bits per heavy atom. The Bertz CT molecular complexity index is 918. The largest absolute Gasteiger partial charge is 0.329 e. The van der Waals surface area contributed by atoms with E-state index < -0.39 is 17.8 Å². The van der Waals surface area contributed by atoms with Crippen LogP contribution in [0.3, 0.4) is 0 Å². The molecule has 0 aromatic heterocycles. The molecule has 3 rings (SSSR count). The number of urea groups is 1.